The van der Waals surface area contributed by atoms with Crippen LogP contribution in [0.1, 0.15) is 27.7 Å². The van der Waals surface area contributed by atoms with Gasteiger partial charge in [0, 0.05) is 10.7 Å². The number of carbonyl (C=O) groups is 1. The first-order valence-corrected chi connectivity index (χ1v) is 10.4. The van der Waals surface area contributed by atoms with E-state index in [0.29, 0.717) is 39.6 Å². The molecule has 5 rings (SSSR count). The summed E-state index contributed by atoms with van der Waals surface area (Å²) in [5.41, 5.74) is 1.73. The monoisotopic (exact) mass is 443 g/mol. The van der Waals surface area contributed by atoms with Crippen LogP contribution in [0.15, 0.2) is 94.7 Å². The van der Waals surface area contributed by atoms with Gasteiger partial charge >= 0.3 is 0 Å². The van der Waals surface area contributed by atoms with Gasteiger partial charge in [0.05, 0.1) is 17.0 Å². The van der Waals surface area contributed by atoms with Crippen LogP contribution < -0.4 is 15.1 Å². The van der Waals surface area contributed by atoms with Gasteiger partial charge in [0.2, 0.25) is 5.76 Å². The average Bonchev–Trinajstić information content (AvgIpc) is 3.10. The molecule has 3 aromatic carbocycles. The Labute approximate surface area is 189 Å². The zero-order valence-corrected chi connectivity index (χ0v) is 17.7. The molecule has 0 radical (unpaired) electrons. The SMILES string of the molecule is C=CCOc1cccc(C2c3c(oc4ccccc4c3=O)C(=O)N2c2cccc(Cl)c2)c1. The molecule has 1 unspecified atom stereocenters. The molecule has 158 valence electrons. The van der Waals surface area contributed by atoms with Gasteiger partial charge in [0.1, 0.15) is 17.9 Å². The molecule has 0 fully saturated rings. The largest absolute Gasteiger partial charge is 0.490 e. The third-order valence-electron chi connectivity index (χ3n) is 5.41. The molecule has 1 amide bonds. The Balaban J connectivity index is 1.77. The highest BCUT2D eigenvalue weighted by molar-refractivity contribution is 6.31. The quantitative estimate of drug-likeness (QED) is 0.368. The fraction of sp³-hybridized carbons (Fsp3) is 0.0769. The summed E-state index contributed by atoms with van der Waals surface area (Å²) in [5.74, 6) is 0.253. The summed E-state index contributed by atoms with van der Waals surface area (Å²) in [6.45, 7) is 4.01. The van der Waals surface area contributed by atoms with Crippen LogP contribution in [-0.2, 0) is 0 Å². The highest BCUT2D eigenvalue weighted by Gasteiger charge is 2.43. The van der Waals surface area contributed by atoms with Crippen molar-refractivity contribution in [2.75, 3.05) is 11.5 Å². The third kappa shape index (κ3) is 3.27. The van der Waals surface area contributed by atoms with Gasteiger partial charge < -0.3 is 9.15 Å². The molecule has 1 aromatic heterocycles. The van der Waals surface area contributed by atoms with Crippen molar-refractivity contribution in [3.63, 3.8) is 0 Å². The molecule has 6 heteroatoms. The molecule has 0 saturated heterocycles. The molecule has 0 bridgehead atoms. The van der Waals surface area contributed by atoms with Gasteiger partial charge in [-0.05, 0) is 48.0 Å². The minimum atomic E-state index is -0.691. The van der Waals surface area contributed by atoms with Crippen LogP contribution in [0.25, 0.3) is 11.0 Å². The Hall–Kier alpha value is -3.83. The van der Waals surface area contributed by atoms with Crippen LogP contribution in [0.4, 0.5) is 5.69 Å². The molecule has 1 atom stereocenters. The predicted molar refractivity (Wildman–Crippen MR) is 125 cm³/mol. The lowest BCUT2D eigenvalue weighted by molar-refractivity contribution is 0.0971. The number of anilines is 1. The minimum absolute atomic E-state index is 0.0380. The number of para-hydroxylation sites is 1. The first-order valence-electron chi connectivity index (χ1n) is 10.1. The van der Waals surface area contributed by atoms with E-state index >= 15 is 0 Å². The average molecular weight is 444 g/mol. The normalized spacial score (nSPS) is 15.1. The van der Waals surface area contributed by atoms with Gasteiger partial charge in [-0.25, -0.2) is 0 Å². The summed E-state index contributed by atoms with van der Waals surface area (Å²) >= 11 is 6.22. The van der Waals surface area contributed by atoms with Crippen molar-refractivity contribution in [1.82, 2.24) is 0 Å². The highest BCUT2D eigenvalue weighted by Crippen LogP contribution is 2.42. The number of carbonyl (C=O) groups excluding carboxylic acids is 1. The highest BCUT2D eigenvalue weighted by atomic mass is 35.5. The predicted octanol–water partition coefficient (Wildman–Crippen LogP) is 5.76. The summed E-state index contributed by atoms with van der Waals surface area (Å²) in [4.78, 5) is 28.6. The number of hydrogen-bond acceptors (Lipinski definition) is 4. The summed E-state index contributed by atoms with van der Waals surface area (Å²) in [6, 6.07) is 20.5. The first kappa shape index (κ1) is 20.1. The summed E-state index contributed by atoms with van der Waals surface area (Å²) in [6.07, 6.45) is 1.65. The van der Waals surface area contributed by atoms with Gasteiger partial charge in [-0.3, -0.25) is 14.5 Å². The Kier molecular flexibility index (Phi) is 5.04. The maximum atomic E-state index is 13.6. The van der Waals surface area contributed by atoms with Gasteiger partial charge in [0.25, 0.3) is 5.91 Å². The summed E-state index contributed by atoms with van der Waals surface area (Å²) in [7, 11) is 0. The van der Waals surface area contributed by atoms with Crippen LogP contribution in [0.3, 0.4) is 0 Å². The third-order valence-corrected chi connectivity index (χ3v) is 5.64. The molecular formula is C26H18ClNO4. The van der Waals surface area contributed by atoms with Crippen molar-refractivity contribution in [2.24, 2.45) is 0 Å². The van der Waals surface area contributed by atoms with E-state index in [0.717, 1.165) is 5.56 Å². The van der Waals surface area contributed by atoms with E-state index < -0.39 is 11.9 Å². The molecule has 4 aromatic rings. The maximum Gasteiger partial charge on any atom is 0.295 e. The molecule has 1 aliphatic rings. The van der Waals surface area contributed by atoms with Crippen molar-refractivity contribution < 1.29 is 13.9 Å². The number of nitrogens with zero attached hydrogens (tertiary/aromatic N) is 1. The van der Waals surface area contributed by atoms with Crippen LogP contribution in [0.5, 0.6) is 5.75 Å². The standard InChI is InChI=1S/C26H18ClNO4/c1-2-13-31-19-10-5-7-16(14-19)23-22-24(29)20-11-3-4-12-21(20)32-25(22)26(30)28(23)18-9-6-8-17(27)15-18/h2-12,14-15,23H,1,13H2. The topological polar surface area (TPSA) is 59.8 Å². The van der Waals surface area contributed by atoms with E-state index in [1.54, 1.807) is 59.5 Å². The van der Waals surface area contributed by atoms with Gasteiger partial charge in [-0.1, -0.05) is 54.6 Å². The molecule has 2 heterocycles. The summed E-state index contributed by atoms with van der Waals surface area (Å²) < 4.78 is 11.6. The lowest BCUT2D eigenvalue weighted by Crippen LogP contribution is -2.29. The fourth-order valence-corrected chi connectivity index (χ4v) is 4.24. The number of fused-ring (bicyclic) bond motifs is 2. The number of benzene rings is 3. The second-order valence-corrected chi connectivity index (χ2v) is 7.84. The van der Waals surface area contributed by atoms with Crippen molar-refractivity contribution in [3.8, 4) is 5.75 Å². The Morgan fingerprint density at radius 3 is 2.66 bits per heavy atom. The number of rotatable bonds is 5. The number of amides is 1. The lowest BCUT2D eigenvalue weighted by atomic mass is 9.98. The molecule has 1 aliphatic heterocycles. The Morgan fingerprint density at radius 2 is 1.84 bits per heavy atom. The zero-order valence-electron chi connectivity index (χ0n) is 17.0. The van der Waals surface area contributed by atoms with Crippen molar-refractivity contribution in [1.29, 1.82) is 0 Å². The van der Waals surface area contributed by atoms with Crippen molar-refractivity contribution >= 4 is 34.2 Å². The van der Waals surface area contributed by atoms with Gasteiger partial charge in [0.15, 0.2) is 5.43 Å². The van der Waals surface area contributed by atoms with Crippen molar-refractivity contribution in [2.45, 2.75) is 6.04 Å². The Morgan fingerprint density at radius 1 is 1.03 bits per heavy atom. The van der Waals surface area contributed by atoms with Gasteiger partial charge in [-0.2, -0.15) is 0 Å². The smallest absolute Gasteiger partial charge is 0.295 e. The van der Waals surface area contributed by atoms with Crippen LogP contribution in [0.2, 0.25) is 5.02 Å². The van der Waals surface area contributed by atoms with E-state index in [1.807, 2.05) is 24.3 Å². The van der Waals surface area contributed by atoms with Gasteiger partial charge in [-0.15, -0.1) is 0 Å². The number of ether oxygens (including phenoxy) is 1. The van der Waals surface area contributed by atoms with E-state index in [1.165, 1.54) is 0 Å². The molecule has 0 aliphatic carbocycles. The number of halogens is 1. The maximum absolute atomic E-state index is 13.6. The Bertz CT molecular complexity index is 1430. The van der Waals surface area contributed by atoms with Crippen LogP contribution in [0, 0.1) is 0 Å². The van der Waals surface area contributed by atoms with E-state index in [-0.39, 0.29) is 11.2 Å². The van der Waals surface area contributed by atoms with E-state index in [9.17, 15) is 9.59 Å². The second-order valence-electron chi connectivity index (χ2n) is 7.40. The molecule has 5 nitrogen and oxygen atoms in total. The van der Waals surface area contributed by atoms with Crippen molar-refractivity contribution in [3.05, 3.63) is 118 Å². The fourth-order valence-electron chi connectivity index (χ4n) is 4.06. The van der Waals surface area contributed by atoms with Crippen LogP contribution in [-0.4, -0.2) is 12.5 Å². The number of hydrogen-bond donors (Lipinski definition) is 0. The summed E-state index contributed by atoms with van der Waals surface area (Å²) in [5, 5.41) is 0.911. The second kappa shape index (κ2) is 8.02. The molecular weight excluding hydrogens is 426 g/mol. The van der Waals surface area contributed by atoms with Crippen LogP contribution >= 0.6 is 11.6 Å². The molecule has 0 spiro atoms. The lowest BCUT2D eigenvalue weighted by Gasteiger charge is -2.25. The molecule has 32 heavy (non-hydrogen) atoms. The van der Waals surface area contributed by atoms with E-state index in [4.69, 9.17) is 20.8 Å². The van der Waals surface area contributed by atoms with E-state index in [2.05, 4.69) is 6.58 Å². The zero-order chi connectivity index (χ0) is 22.2. The molecule has 0 N–H and O–H groups in total. The minimum Gasteiger partial charge on any atom is -0.490 e. The molecule has 0 saturated carbocycles. The first-order chi connectivity index (χ1) is 15.6.